The summed E-state index contributed by atoms with van der Waals surface area (Å²) in [6.45, 7) is 9.69. The second-order valence-corrected chi connectivity index (χ2v) is 5.29. The molecule has 0 heterocycles. The largest absolute Gasteiger partial charge is 0.347 e. The molecule has 0 unspecified atom stereocenters. The first-order valence-electron chi connectivity index (χ1n) is 5.91. The predicted octanol–water partition coefficient (Wildman–Crippen LogP) is 3.04. The predicted molar refractivity (Wildman–Crippen MR) is 63.6 cm³/mol. The highest BCUT2D eigenvalue weighted by Crippen LogP contribution is 2.32. The van der Waals surface area contributed by atoms with Crippen LogP contribution in [-0.4, -0.2) is 11.4 Å². The van der Waals surface area contributed by atoms with E-state index in [9.17, 15) is 4.79 Å². The van der Waals surface area contributed by atoms with Gasteiger partial charge in [0.15, 0.2) is 0 Å². The number of rotatable bonds is 3. The number of amides is 1. The Morgan fingerprint density at radius 3 is 2.27 bits per heavy atom. The van der Waals surface area contributed by atoms with Gasteiger partial charge in [-0.3, -0.25) is 4.79 Å². The standard InChI is InChI=1S/C13H23NO/c1-10(2)12(15)14-13(3,4)11-8-6-5-7-9-11/h11H,1,5-9H2,2-4H3,(H,14,15). The molecule has 1 N–H and O–H groups in total. The Bertz CT molecular complexity index is 249. The van der Waals surface area contributed by atoms with Crippen LogP contribution in [0.25, 0.3) is 0 Å². The monoisotopic (exact) mass is 209 g/mol. The van der Waals surface area contributed by atoms with Crippen LogP contribution in [-0.2, 0) is 4.79 Å². The molecule has 1 fully saturated rings. The molecule has 15 heavy (non-hydrogen) atoms. The molecule has 86 valence electrons. The van der Waals surface area contributed by atoms with Crippen LogP contribution in [0.3, 0.4) is 0 Å². The molecule has 2 heteroatoms. The van der Waals surface area contributed by atoms with E-state index in [0.717, 1.165) is 0 Å². The molecule has 0 bridgehead atoms. The first-order chi connectivity index (χ1) is 6.93. The first-order valence-corrected chi connectivity index (χ1v) is 5.91. The third kappa shape index (κ3) is 3.37. The van der Waals surface area contributed by atoms with Gasteiger partial charge in [-0.15, -0.1) is 0 Å². The van der Waals surface area contributed by atoms with Crippen LogP contribution in [0, 0.1) is 5.92 Å². The van der Waals surface area contributed by atoms with Crippen molar-refractivity contribution in [3.63, 3.8) is 0 Å². The lowest BCUT2D eigenvalue weighted by Crippen LogP contribution is -2.49. The highest BCUT2D eigenvalue weighted by molar-refractivity contribution is 5.92. The van der Waals surface area contributed by atoms with Gasteiger partial charge in [0.1, 0.15) is 0 Å². The lowest BCUT2D eigenvalue weighted by atomic mass is 9.76. The Balaban J connectivity index is 2.56. The molecule has 0 aromatic carbocycles. The van der Waals surface area contributed by atoms with Gasteiger partial charge < -0.3 is 5.32 Å². The van der Waals surface area contributed by atoms with Crippen LogP contribution in [0.2, 0.25) is 0 Å². The molecule has 1 aliphatic rings. The zero-order valence-corrected chi connectivity index (χ0v) is 10.2. The number of hydrogen-bond donors (Lipinski definition) is 1. The van der Waals surface area contributed by atoms with Gasteiger partial charge in [0, 0.05) is 11.1 Å². The molecule has 0 aliphatic heterocycles. The summed E-state index contributed by atoms with van der Waals surface area (Å²) in [7, 11) is 0. The molecule has 0 atom stereocenters. The summed E-state index contributed by atoms with van der Waals surface area (Å²) in [6.07, 6.45) is 6.43. The summed E-state index contributed by atoms with van der Waals surface area (Å²) in [5.74, 6) is 0.611. The van der Waals surface area contributed by atoms with Crippen molar-refractivity contribution in [3.05, 3.63) is 12.2 Å². The number of carbonyl (C=O) groups is 1. The van der Waals surface area contributed by atoms with E-state index in [1.165, 1.54) is 32.1 Å². The van der Waals surface area contributed by atoms with Gasteiger partial charge in [-0.1, -0.05) is 25.8 Å². The van der Waals surface area contributed by atoms with Crippen molar-refractivity contribution in [1.82, 2.24) is 5.32 Å². The molecule has 0 aromatic rings. The average molecular weight is 209 g/mol. The van der Waals surface area contributed by atoms with Gasteiger partial charge >= 0.3 is 0 Å². The van der Waals surface area contributed by atoms with Crippen molar-refractivity contribution in [2.75, 3.05) is 0 Å². The van der Waals surface area contributed by atoms with Crippen LogP contribution < -0.4 is 5.32 Å². The van der Waals surface area contributed by atoms with Gasteiger partial charge in [0.2, 0.25) is 5.91 Å². The minimum atomic E-state index is -0.0869. The Hall–Kier alpha value is -0.790. The van der Waals surface area contributed by atoms with E-state index in [2.05, 4.69) is 25.7 Å². The Labute approximate surface area is 93.1 Å². The zero-order valence-electron chi connectivity index (χ0n) is 10.2. The zero-order chi connectivity index (χ0) is 11.5. The Morgan fingerprint density at radius 1 is 1.27 bits per heavy atom. The quantitative estimate of drug-likeness (QED) is 0.711. The molecule has 1 aliphatic carbocycles. The molecule has 1 amide bonds. The number of hydrogen-bond acceptors (Lipinski definition) is 1. The number of nitrogens with one attached hydrogen (secondary N) is 1. The fourth-order valence-electron chi connectivity index (χ4n) is 2.33. The van der Waals surface area contributed by atoms with Crippen LogP contribution in [0.1, 0.15) is 52.9 Å². The molecule has 0 saturated heterocycles. The highest BCUT2D eigenvalue weighted by Gasteiger charge is 2.31. The van der Waals surface area contributed by atoms with Crippen molar-refractivity contribution >= 4 is 5.91 Å². The van der Waals surface area contributed by atoms with Crippen LogP contribution in [0.5, 0.6) is 0 Å². The van der Waals surface area contributed by atoms with E-state index < -0.39 is 0 Å². The molecular weight excluding hydrogens is 186 g/mol. The van der Waals surface area contributed by atoms with Crippen LogP contribution >= 0.6 is 0 Å². The van der Waals surface area contributed by atoms with Gasteiger partial charge in [-0.25, -0.2) is 0 Å². The molecule has 0 spiro atoms. The van der Waals surface area contributed by atoms with E-state index in [-0.39, 0.29) is 11.4 Å². The maximum Gasteiger partial charge on any atom is 0.246 e. The summed E-state index contributed by atoms with van der Waals surface area (Å²) >= 11 is 0. The molecule has 1 saturated carbocycles. The fourth-order valence-corrected chi connectivity index (χ4v) is 2.33. The van der Waals surface area contributed by atoms with E-state index >= 15 is 0 Å². The van der Waals surface area contributed by atoms with Crippen molar-refractivity contribution in [1.29, 1.82) is 0 Å². The van der Waals surface area contributed by atoms with Crippen molar-refractivity contribution in [3.8, 4) is 0 Å². The van der Waals surface area contributed by atoms with E-state index in [4.69, 9.17) is 0 Å². The summed E-state index contributed by atoms with van der Waals surface area (Å²) in [5.41, 5.74) is 0.509. The summed E-state index contributed by atoms with van der Waals surface area (Å²) in [6, 6.07) is 0. The smallest absolute Gasteiger partial charge is 0.246 e. The second-order valence-electron chi connectivity index (χ2n) is 5.29. The SMILES string of the molecule is C=C(C)C(=O)NC(C)(C)C1CCCCC1. The highest BCUT2D eigenvalue weighted by atomic mass is 16.1. The number of carbonyl (C=O) groups excluding carboxylic acids is 1. The van der Waals surface area contributed by atoms with Gasteiger partial charge in [-0.05, 0) is 39.5 Å². The molecule has 2 nitrogen and oxygen atoms in total. The molecule has 0 aromatic heterocycles. The van der Waals surface area contributed by atoms with Crippen molar-refractivity contribution in [2.45, 2.75) is 58.4 Å². The average Bonchev–Trinajstić information content (AvgIpc) is 2.18. The Kier molecular flexibility index (Phi) is 3.95. The maximum absolute atomic E-state index is 11.6. The van der Waals surface area contributed by atoms with Crippen LogP contribution in [0.4, 0.5) is 0 Å². The third-order valence-electron chi connectivity index (χ3n) is 3.45. The normalized spacial score (nSPS) is 18.6. The maximum atomic E-state index is 11.6. The van der Waals surface area contributed by atoms with E-state index in [0.29, 0.717) is 11.5 Å². The van der Waals surface area contributed by atoms with Crippen LogP contribution in [0.15, 0.2) is 12.2 Å². The lowest BCUT2D eigenvalue weighted by Gasteiger charge is -2.37. The molecular formula is C13H23NO. The minimum absolute atomic E-state index is 0.00873. The topological polar surface area (TPSA) is 29.1 Å². The first kappa shape index (κ1) is 12.3. The van der Waals surface area contributed by atoms with Gasteiger partial charge in [0.05, 0.1) is 0 Å². The van der Waals surface area contributed by atoms with E-state index in [1.54, 1.807) is 6.92 Å². The fraction of sp³-hybridized carbons (Fsp3) is 0.769. The summed E-state index contributed by atoms with van der Waals surface area (Å²) in [4.78, 5) is 11.6. The minimum Gasteiger partial charge on any atom is -0.347 e. The molecule has 0 radical (unpaired) electrons. The summed E-state index contributed by atoms with van der Waals surface area (Å²) < 4.78 is 0. The van der Waals surface area contributed by atoms with Gasteiger partial charge in [-0.2, -0.15) is 0 Å². The van der Waals surface area contributed by atoms with Crippen molar-refractivity contribution in [2.24, 2.45) is 5.92 Å². The molecule has 1 rings (SSSR count). The second kappa shape index (κ2) is 4.82. The van der Waals surface area contributed by atoms with Gasteiger partial charge in [0.25, 0.3) is 0 Å². The third-order valence-corrected chi connectivity index (χ3v) is 3.45. The van der Waals surface area contributed by atoms with Crippen molar-refractivity contribution < 1.29 is 4.79 Å². The van der Waals surface area contributed by atoms with E-state index in [1.807, 2.05) is 0 Å². The Morgan fingerprint density at radius 2 is 1.80 bits per heavy atom. The lowest BCUT2D eigenvalue weighted by molar-refractivity contribution is -0.119. The summed E-state index contributed by atoms with van der Waals surface area (Å²) in [5, 5.41) is 3.09.